The van der Waals surface area contributed by atoms with Gasteiger partial charge in [-0.15, -0.1) is 0 Å². The number of ether oxygens (including phenoxy) is 1. The molecule has 4 aromatic rings. The number of carbonyl (C=O) groups is 2. The number of fused-ring (bicyclic) bond motifs is 4. The molecule has 8 heteroatoms. The highest BCUT2D eigenvalue weighted by molar-refractivity contribution is 9.10. The van der Waals surface area contributed by atoms with Gasteiger partial charge in [0.25, 0.3) is 0 Å². The Labute approximate surface area is 242 Å². The molecule has 2 aliphatic rings. The summed E-state index contributed by atoms with van der Waals surface area (Å²) in [5.41, 5.74) is 9.72. The molecule has 0 bridgehead atoms. The molecule has 3 aromatic carbocycles. The van der Waals surface area contributed by atoms with Crippen LogP contribution in [0.25, 0.3) is 33.3 Å². The number of aryl methyl sites for hydroxylation is 2. The maximum Gasteiger partial charge on any atom is 0.409 e. The second-order valence-corrected chi connectivity index (χ2v) is 12.0. The van der Waals surface area contributed by atoms with Crippen molar-refractivity contribution in [1.82, 2.24) is 20.2 Å². The molecule has 0 unspecified atom stereocenters. The van der Waals surface area contributed by atoms with Crippen molar-refractivity contribution in [2.45, 2.75) is 51.6 Å². The van der Waals surface area contributed by atoms with Gasteiger partial charge in [-0.1, -0.05) is 60.1 Å². The molecule has 0 spiro atoms. The van der Waals surface area contributed by atoms with Crippen LogP contribution in [-0.4, -0.2) is 46.6 Å². The van der Waals surface area contributed by atoms with Crippen LogP contribution in [-0.2, 0) is 22.4 Å². The van der Waals surface area contributed by atoms with Crippen LogP contribution in [0.1, 0.15) is 49.7 Å². The fourth-order valence-electron chi connectivity index (χ4n) is 5.88. The molecular formula is C32H33BrN4O3. The summed E-state index contributed by atoms with van der Waals surface area (Å²) in [5, 5.41) is 2.63. The molecule has 206 valence electrons. The number of aromatic nitrogens is 2. The van der Waals surface area contributed by atoms with Gasteiger partial charge in [0.2, 0.25) is 0 Å². The molecule has 1 aromatic heterocycles. The number of H-pyrrole nitrogens is 1. The third-order valence-corrected chi connectivity index (χ3v) is 8.64. The van der Waals surface area contributed by atoms with E-state index in [4.69, 9.17) is 9.72 Å². The molecule has 40 heavy (non-hydrogen) atoms. The van der Waals surface area contributed by atoms with Crippen molar-refractivity contribution in [1.29, 1.82) is 0 Å². The van der Waals surface area contributed by atoms with E-state index in [0.717, 1.165) is 65.4 Å². The predicted octanol–water partition coefficient (Wildman–Crippen LogP) is 6.80. The molecule has 7 nitrogen and oxygen atoms in total. The number of hydrogen-bond acceptors (Lipinski definition) is 5. The summed E-state index contributed by atoms with van der Waals surface area (Å²) in [6.45, 7) is 4.73. The number of aromatic amines is 1. The number of halogens is 1. The molecule has 1 aliphatic carbocycles. The average molecular weight is 602 g/mol. The number of hydrogen-bond donors (Lipinski definition) is 2. The Morgan fingerprint density at radius 2 is 1.82 bits per heavy atom. The third-order valence-electron chi connectivity index (χ3n) is 8.15. The number of likely N-dealkylation sites (tertiary alicyclic amines) is 1. The van der Waals surface area contributed by atoms with Gasteiger partial charge in [-0.05, 0) is 89.2 Å². The van der Waals surface area contributed by atoms with Gasteiger partial charge in [0.15, 0.2) is 0 Å². The van der Waals surface area contributed by atoms with E-state index in [-0.39, 0.29) is 18.7 Å². The van der Waals surface area contributed by atoms with Crippen LogP contribution in [0.15, 0.2) is 59.1 Å². The van der Waals surface area contributed by atoms with E-state index in [1.807, 2.05) is 13.8 Å². The van der Waals surface area contributed by atoms with Crippen LogP contribution >= 0.6 is 15.9 Å². The SMILES string of the molecule is CC(C)[C@@H](C=O)NC(=O)OCN1CCC[C@H]1c1nc2ccc(-c3ccc4c(c3)CCc3cc(Br)ccc3-4)cc2[nH]1. The van der Waals surface area contributed by atoms with Crippen LogP contribution in [0.5, 0.6) is 0 Å². The van der Waals surface area contributed by atoms with E-state index < -0.39 is 12.1 Å². The normalized spacial score (nSPS) is 17.4. The number of aldehydes is 1. The molecule has 1 fully saturated rings. The van der Waals surface area contributed by atoms with Gasteiger partial charge in [0.05, 0.1) is 23.1 Å². The van der Waals surface area contributed by atoms with Gasteiger partial charge < -0.3 is 19.8 Å². The number of imidazole rings is 1. The lowest BCUT2D eigenvalue weighted by Crippen LogP contribution is -2.41. The quantitative estimate of drug-likeness (QED) is 0.228. The Hall–Kier alpha value is -3.49. The van der Waals surface area contributed by atoms with E-state index in [9.17, 15) is 9.59 Å². The smallest absolute Gasteiger partial charge is 0.409 e. The van der Waals surface area contributed by atoms with Gasteiger partial charge >= 0.3 is 6.09 Å². The minimum atomic E-state index is -0.577. The van der Waals surface area contributed by atoms with Crippen molar-refractivity contribution >= 4 is 39.3 Å². The van der Waals surface area contributed by atoms with Crippen LogP contribution < -0.4 is 5.32 Å². The molecule has 0 radical (unpaired) electrons. The van der Waals surface area contributed by atoms with Crippen LogP contribution in [0, 0.1) is 5.92 Å². The zero-order valence-corrected chi connectivity index (χ0v) is 24.3. The Morgan fingerprint density at radius 3 is 2.60 bits per heavy atom. The summed E-state index contributed by atoms with van der Waals surface area (Å²) >= 11 is 3.60. The molecule has 1 saturated heterocycles. The lowest BCUT2D eigenvalue weighted by molar-refractivity contribution is -0.110. The zero-order valence-electron chi connectivity index (χ0n) is 22.7. The molecule has 6 rings (SSSR count). The molecule has 0 saturated carbocycles. The molecule has 2 heterocycles. The monoisotopic (exact) mass is 600 g/mol. The summed E-state index contributed by atoms with van der Waals surface area (Å²) in [7, 11) is 0. The summed E-state index contributed by atoms with van der Waals surface area (Å²) < 4.78 is 6.59. The standard InChI is InChI=1S/C32H33BrN4O3/c1-19(2)29(17-38)36-32(39)40-18-37-13-3-4-30(37)31-34-27-12-8-21(16-28(27)35-31)20-7-10-25-22(14-20)5-6-23-15-24(33)9-11-26(23)25/h7-12,14-17,19,29-30H,3-6,13,18H2,1-2H3,(H,34,35)(H,36,39)/t29-,30+/m1/s1. The highest BCUT2D eigenvalue weighted by Crippen LogP contribution is 2.38. The van der Waals surface area contributed by atoms with Gasteiger partial charge in [0.1, 0.15) is 18.8 Å². The van der Waals surface area contributed by atoms with Gasteiger partial charge in [-0.3, -0.25) is 4.90 Å². The average Bonchev–Trinajstić information content (AvgIpc) is 3.60. The number of nitrogens with zero attached hydrogens (tertiary/aromatic N) is 2. The Kier molecular flexibility index (Phi) is 7.47. The first-order valence-corrected chi connectivity index (χ1v) is 14.7. The first-order valence-electron chi connectivity index (χ1n) is 13.9. The highest BCUT2D eigenvalue weighted by atomic mass is 79.9. The Balaban J connectivity index is 1.18. The van der Waals surface area contributed by atoms with E-state index in [2.05, 4.69) is 85.7 Å². The maximum absolute atomic E-state index is 12.2. The lowest BCUT2D eigenvalue weighted by atomic mass is 9.84. The van der Waals surface area contributed by atoms with Crippen LogP contribution in [0.4, 0.5) is 4.79 Å². The van der Waals surface area contributed by atoms with Crippen molar-refractivity contribution < 1.29 is 14.3 Å². The van der Waals surface area contributed by atoms with Crippen molar-refractivity contribution in [2.75, 3.05) is 13.3 Å². The van der Waals surface area contributed by atoms with Crippen molar-refractivity contribution in [3.63, 3.8) is 0 Å². The number of nitrogens with one attached hydrogen (secondary N) is 2. The fourth-order valence-corrected chi connectivity index (χ4v) is 6.29. The van der Waals surface area contributed by atoms with Gasteiger partial charge in [-0.25, -0.2) is 9.78 Å². The Morgan fingerprint density at radius 1 is 1.10 bits per heavy atom. The molecule has 1 amide bonds. The number of rotatable bonds is 7. The van der Waals surface area contributed by atoms with Crippen LogP contribution in [0.3, 0.4) is 0 Å². The minimum absolute atomic E-state index is 0.00528. The number of amides is 1. The van der Waals surface area contributed by atoms with Crippen molar-refractivity contribution in [3.05, 3.63) is 76.0 Å². The Bertz CT molecular complexity index is 1580. The fraction of sp³-hybridized carbons (Fsp3) is 0.344. The lowest BCUT2D eigenvalue weighted by Gasteiger charge is -2.23. The summed E-state index contributed by atoms with van der Waals surface area (Å²) in [4.78, 5) is 34.0. The van der Waals surface area contributed by atoms with Crippen molar-refractivity contribution in [2.24, 2.45) is 5.92 Å². The zero-order chi connectivity index (χ0) is 27.8. The number of alkyl carbamates (subject to hydrolysis) is 1. The molecule has 2 N–H and O–H groups in total. The first kappa shape index (κ1) is 26.7. The highest BCUT2D eigenvalue weighted by Gasteiger charge is 2.30. The van der Waals surface area contributed by atoms with E-state index in [1.54, 1.807) is 0 Å². The van der Waals surface area contributed by atoms with Crippen LogP contribution in [0.2, 0.25) is 0 Å². The van der Waals surface area contributed by atoms with E-state index in [1.165, 1.54) is 27.8 Å². The predicted molar refractivity (Wildman–Crippen MR) is 160 cm³/mol. The number of benzene rings is 3. The second-order valence-electron chi connectivity index (χ2n) is 11.1. The van der Waals surface area contributed by atoms with Gasteiger partial charge in [0, 0.05) is 11.0 Å². The molecular weight excluding hydrogens is 568 g/mol. The maximum atomic E-state index is 12.2. The molecule has 1 aliphatic heterocycles. The number of carbonyl (C=O) groups excluding carboxylic acids is 2. The second kappa shape index (κ2) is 11.2. The van der Waals surface area contributed by atoms with E-state index >= 15 is 0 Å². The summed E-state index contributed by atoms with van der Waals surface area (Å²) in [6, 6.07) is 19.2. The first-order chi connectivity index (χ1) is 19.4. The van der Waals surface area contributed by atoms with Gasteiger partial charge in [-0.2, -0.15) is 0 Å². The van der Waals surface area contributed by atoms with Crippen molar-refractivity contribution in [3.8, 4) is 22.3 Å². The minimum Gasteiger partial charge on any atom is -0.433 e. The topological polar surface area (TPSA) is 87.3 Å². The summed E-state index contributed by atoms with van der Waals surface area (Å²) in [6.07, 6.45) is 4.18. The molecule has 2 atom stereocenters. The largest absolute Gasteiger partial charge is 0.433 e. The summed E-state index contributed by atoms with van der Waals surface area (Å²) in [5.74, 6) is 0.889. The third kappa shape index (κ3) is 5.30. The van der Waals surface area contributed by atoms with E-state index in [0.29, 0.717) is 0 Å².